The first-order valence-corrected chi connectivity index (χ1v) is 10.8. The molecule has 0 saturated heterocycles. The van der Waals surface area contributed by atoms with Gasteiger partial charge >= 0.3 is 0 Å². The quantitative estimate of drug-likeness (QED) is 0.543. The van der Waals surface area contributed by atoms with Gasteiger partial charge < -0.3 is 9.73 Å². The molecule has 1 heterocycles. The number of hydrogen-bond acceptors (Lipinski definition) is 4. The van der Waals surface area contributed by atoms with Crippen molar-refractivity contribution in [2.45, 2.75) is 17.7 Å². The molecule has 0 radical (unpaired) electrons. The van der Waals surface area contributed by atoms with E-state index in [4.69, 9.17) is 16.0 Å². The molecule has 29 heavy (non-hydrogen) atoms. The standard InChI is InChI=1S/C21H21ClN2O4S/c1-24(29(26,27)20-11-9-17(22)10-12-20)18-6-2-5-16(15-18)21(25)23-13-3-7-19-8-4-14-28-19/h2,4-6,8-12,14-15H,3,7,13H2,1H3,(H,23,25). The van der Waals surface area contributed by atoms with Crippen LogP contribution in [0.2, 0.25) is 5.02 Å². The topological polar surface area (TPSA) is 79.6 Å². The highest BCUT2D eigenvalue weighted by Crippen LogP contribution is 2.24. The van der Waals surface area contributed by atoms with Gasteiger partial charge in [-0.05, 0) is 61.0 Å². The second-order valence-electron chi connectivity index (χ2n) is 6.42. The summed E-state index contributed by atoms with van der Waals surface area (Å²) >= 11 is 5.84. The van der Waals surface area contributed by atoms with Gasteiger partial charge in [-0.15, -0.1) is 0 Å². The minimum absolute atomic E-state index is 0.122. The third kappa shape index (κ3) is 5.19. The Kier molecular flexibility index (Phi) is 6.61. The van der Waals surface area contributed by atoms with Crippen LogP contribution in [0.1, 0.15) is 22.5 Å². The Balaban J connectivity index is 1.66. The Morgan fingerprint density at radius 1 is 1.10 bits per heavy atom. The monoisotopic (exact) mass is 432 g/mol. The zero-order chi connectivity index (χ0) is 20.9. The Labute approximate surface area is 175 Å². The summed E-state index contributed by atoms with van der Waals surface area (Å²) in [5, 5.41) is 3.30. The second kappa shape index (κ2) is 9.15. The second-order valence-corrected chi connectivity index (χ2v) is 8.82. The lowest BCUT2D eigenvalue weighted by atomic mass is 10.2. The number of amides is 1. The lowest BCUT2D eigenvalue weighted by molar-refractivity contribution is 0.0953. The molecule has 3 rings (SSSR count). The fourth-order valence-corrected chi connectivity index (χ4v) is 4.08. The number of sulfonamides is 1. The van der Waals surface area contributed by atoms with E-state index in [9.17, 15) is 13.2 Å². The number of carbonyl (C=O) groups is 1. The van der Waals surface area contributed by atoms with Crippen molar-refractivity contribution in [3.8, 4) is 0 Å². The summed E-state index contributed by atoms with van der Waals surface area (Å²) in [6.07, 6.45) is 3.09. The molecule has 0 unspecified atom stereocenters. The first kappa shape index (κ1) is 21.0. The highest BCUT2D eigenvalue weighted by atomic mass is 35.5. The Hall–Kier alpha value is -2.77. The van der Waals surface area contributed by atoms with Crippen molar-refractivity contribution in [2.75, 3.05) is 17.9 Å². The number of hydrogen-bond donors (Lipinski definition) is 1. The highest BCUT2D eigenvalue weighted by Gasteiger charge is 2.22. The minimum Gasteiger partial charge on any atom is -0.469 e. The summed E-state index contributed by atoms with van der Waals surface area (Å²) in [4.78, 5) is 12.5. The number of nitrogens with zero attached hydrogens (tertiary/aromatic N) is 1. The molecule has 0 spiro atoms. The zero-order valence-electron chi connectivity index (χ0n) is 15.8. The van der Waals surface area contributed by atoms with Gasteiger partial charge in [0.25, 0.3) is 15.9 Å². The van der Waals surface area contributed by atoms with E-state index in [1.807, 2.05) is 12.1 Å². The maximum absolute atomic E-state index is 12.8. The van der Waals surface area contributed by atoms with E-state index in [-0.39, 0.29) is 10.8 Å². The van der Waals surface area contributed by atoms with Crippen molar-refractivity contribution < 1.29 is 17.6 Å². The summed E-state index contributed by atoms with van der Waals surface area (Å²) in [5.41, 5.74) is 0.779. The number of carbonyl (C=O) groups excluding carboxylic acids is 1. The van der Waals surface area contributed by atoms with E-state index in [1.165, 1.54) is 31.3 Å². The van der Waals surface area contributed by atoms with Crippen LogP contribution in [0.5, 0.6) is 0 Å². The van der Waals surface area contributed by atoms with Crippen LogP contribution in [0.25, 0.3) is 0 Å². The molecule has 0 aliphatic carbocycles. The lowest BCUT2D eigenvalue weighted by Crippen LogP contribution is -2.28. The van der Waals surface area contributed by atoms with Crippen molar-refractivity contribution in [1.29, 1.82) is 0 Å². The summed E-state index contributed by atoms with van der Waals surface area (Å²) in [6.45, 7) is 0.489. The maximum Gasteiger partial charge on any atom is 0.264 e. The maximum atomic E-state index is 12.8. The van der Waals surface area contributed by atoms with Crippen LogP contribution in [0.15, 0.2) is 76.2 Å². The highest BCUT2D eigenvalue weighted by molar-refractivity contribution is 7.92. The molecule has 6 nitrogen and oxygen atoms in total. The first-order chi connectivity index (χ1) is 13.9. The molecular weight excluding hydrogens is 412 g/mol. The van der Waals surface area contributed by atoms with E-state index >= 15 is 0 Å². The van der Waals surface area contributed by atoms with Crippen LogP contribution in [0.4, 0.5) is 5.69 Å². The molecule has 1 aromatic heterocycles. The van der Waals surface area contributed by atoms with Crippen LogP contribution < -0.4 is 9.62 Å². The Morgan fingerprint density at radius 2 is 1.86 bits per heavy atom. The van der Waals surface area contributed by atoms with Gasteiger partial charge in [0, 0.05) is 30.6 Å². The van der Waals surface area contributed by atoms with Crippen molar-refractivity contribution in [3.63, 3.8) is 0 Å². The molecule has 2 aromatic carbocycles. The first-order valence-electron chi connectivity index (χ1n) is 9.03. The molecule has 1 N–H and O–H groups in total. The van der Waals surface area contributed by atoms with Gasteiger partial charge in [-0.3, -0.25) is 9.10 Å². The lowest BCUT2D eigenvalue weighted by Gasteiger charge is -2.20. The van der Waals surface area contributed by atoms with Crippen molar-refractivity contribution in [3.05, 3.63) is 83.3 Å². The molecule has 0 bridgehead atoms. The van der Waals surface area contributed by atoms with Crippen molar-refractivity contribution in [2.24, 2.45) is 0 Å². The largest absolute Gasteiger partial charge is 0.469 e. The third-order valence-corrected chi connectivity index (χ3v) is 6.46. The zero-order valence-corrected chi connectivity index (χ0v) is 17.4. The van der Waals surface area contributed by atoms with Crippen molar-refractivity contribution in [1.82, 2.24) is 5.32 Å². The molecule has 8 heteroatoms. The fourth-order valence-electron chi connectivity index (χ4n) is 2.77. The van der Waals surface area contributed by atoms with Crippen LogP contribution in [-0.2, 0) is 16.4 Å². The number of halogens is 1. The molecule has 1 amide bonds. The van der Waals surface area contributed by atoms with E-state index in [0.29, 0.717) is 22.8 Å². The third-order valence-electron chi connectivity index (χ3n) is 4.41. The fraction of sp³-hybridized carbons (Fsp3) is 0.190. The van der Waals surface area contributed by atoms with Crippen LogP contribution in [-0.4, -0.2) is 27.9 Å². The number of rotatable bonds is 8. The SMILES string of the molecule is CN(c1cccc(C(=O)NCCCc2ccco2)c1)S(=O)(=O)c1ccc(Cl)cc1. The van der Waals surface area contributed by atoms with Gasteiger partial charge in [0.15, 0.2) is 0 Å². The van der Waals surface area contributed by atoms with Crippen LogP contribution >= 0.6 is 11.6 Å². The van der Waals surface area contributed by atoms with Gasteiger partial charge in [-0.1, -0.05) is 17.7 Å². The predicted molar refractivity (Wildman–Crippen MR) is 113 cm³/mol. The Bertz CT molecular complexity index is 1060. The van der Waals surface area contributed by atoms with E-state index < -0.39 is 10.0 Å². The summed E-state index contributed by atoms with van der Waals surface area (Å²) < 4.78 is 32.0. The normalized spacial score (nSPS) is 11.2. The predicted octanol–water partition coefficient (Wildman–Crippen LogP) is 4.12. The number of furan rings is 1. The Morgan fingerprint density at radius 3 is 2.55 bits per heavy atom. The average molecular weight is 433 g/mol. The average Bonchev–Trinajstić information content (AvgIpc) is 3.24. The van der Waals surface area contributed by atoms with Crippen molar-refractivity contribution >= 4 is 33.2 Å². The molecule has 152 valence electrons. The summed E-state index contributed by atoms with van der Waals surface area (Å²) in [5.74, 6) is 0.610. The van der Waals surface area contributed by atoms with Crippen LogP contribution in [0.3, 0.4) is 0 Å². The molecule has 0 fully saturated rings. The van der Waals surface area contributed by atoms with Gasteiger partial charge in [-0.2, -0.15) is 0 Å². The molecule has 0 atom stereocenters. The van der Waals surface area contributed by atoms with Crippen LogP contribution in [0, 0.1) is 0 Å². The van der Waals surface area contributed by atoms with Gasteiger partial charge in [0.1, 0.15) is 5.76 Å². The van der Waals surface area contributed by atoms with E-state index in [1.54, 1.807) is 30.5 Å². The van der Waals surface area contributed by atoms with E-state index in [2.05, 4.69) is 5.32 Å². The number of anilines is 1. The number of nitrogens with one attached hydrogen (secondary N) is 1. The van der Waals surface area contributed by atoms with Gasteiger partial charge in [-0.25, -0.2) is 8.42 Å². The molecule has 0 saturated carbocycles. The van der Waals surface area contributed by atoms with Gasteiger partial charge in [0.05, 0.1) is 16.8 Å². The smallest absolute Gasteiger partial charge is 0.264 e. The summed E-state index contributed by atoms with van der Waals surface area (Å²) in [7, 11) is -2.32. The molecule has 0 aliphatic heterocycles. The summed E-state index contributed by atoms with van der Waals surface area (Å²) in [6, 6.07) is 16.2. The molecular formula is C21H21ClN2O4S. The van der Waals surface area contributed by atoms with E-state index in [0.717, 1.165) is 22.9 Å². The number of benzene rings is 2. The van der Waals surface area contributed by atoms with Gasteiger partial charge in [0.2, 0.25) is 0 Å². The molecule has 3 aromatic rings. The number of aryl methyl sites for hydroxylation is 1. The molecule has 0 aliphatic rings. The minimum atomic E-state index is -3.76.